The molecule has 0 aliphatic heterocycles. The number of para-hydroxylation sites is 1. The second kappa shape index (κ2) is 10.7. The smallest absolute Gasteiger partial charge is 0.261 e. The van der Waals surface area contributed by atoms with Gasteiger partial charge in [0.05, 0.1) is 36.5 Å². The Morgan fingerprint density at radius 2 is 1.97 bits per heavy atom. The molecule has 0 radical (unpaired) electrons. The van der Waals surface area contributed by atoms with E-state index in [4.69, 9.17) is 9.72 Å². The molecule has 1 atom stereocenters. The van der Waals surface area contributed by atoms with Crippen LogP contribution in [0.5, 0.6) is 0 Å². The van der Waals surface area contributed by atoms with Crippen LogP contribution in [-0.2, 0) is 22.5 Å². The average molecular weight is 442 g/mol. The number of aromatic nitrogens is 2. The number of rotatable bonds is 10. The molecule has 0 aliphatic carbocycles. The summed E-state index contributed by atoms with van der Waals surface area (Å²) in [5, 5.41) is 2.56. The fourth-order valence-electron chi connectivity index (χ4n) is 3.64. The van der Waals surface area contributed by atoms with Crippen LogP contribution in [0.2, 0.25) is 0 Å². The van der Waals surface area contributed by atoms with Crippen molar-refractivity contribution in [3.05, 3.63) is 62.8 Å². The Kier molecular flexibility index (Phi) is 7.98. The first-order valence-electron chi connectivity index (χ1n) is 10.7. The third-order valence-electron chi connectivity index (χ3n) is 5.42. The quantitative estimate of drug-likeness (QED) is 0.471. The molecule has 7 heteroatoms. The van der Waals surface area contributed by atoms with Gasteiger partial charge in [-0.2, -0.15) is 0 Å². The van der Waals surface area contributed by atoms with Crippen LogP contribution in [-0.4, -0.2) is 40.6 Å². The van der Waals surface area contributed by atoms with Crippen molar-refractivity contribution in [2.24, 2.45) is 5.92 Å². The summed E-state index contributed by atoms with van der Waals surface area (Å²) in [6.07, 6.45) is 1.24. The zero-order chi connectivity index (χ0) is 22.4. The summed E-state index contributed by atoms with van der Waals surface area (Å²) >= 11 is 1.58. The second-order valence-electron chi connectivity index (χ2n) is 8.14. The van der Waals surface area contributed by atoms with E-state index in [9.17, 15) is 9.59 Å². The molecule has 0 fully saturated rings. The van der Waals surface area contributed by atoms with E-state index in [0.29, 0.717) is 48.8 Å². The minimum atomic E-state index is -0.333. The Balaban J connectivity index is 2.02. The Bertz CT molecular complexity index is 1060. The molecule has 0 N–H and O–H groups in total. The average Bonchev–Trinajstić information content (AvgIpc) is 3.25. The molecule has 3 rings (SSSR count). The Morgan fingerprint density at radius 1 is 1.19 bits per heavy atom. The number of carbonyl (C=O) groups is 1. The van der Waals surface area contributed by atoms with Crippen LogP contribution in [0.3, 0.4) is 0 Å². The topological polar surface area (TPSA) is 64.4 Å². The highest BCUT2D eigenvalue weighted by molar-refractivity contribution is 7.10. The largest absolute Gasteiger partial charge is 0.383 e. The second-order valence-corrected chi connectivity index (χ2v) is 9.17. The first-order valence-corrected chi connectivity index (χ1v) is 11.6. The standard InChI is InChI=1S/C24H31N3O3S/c1-17(2)11-12-26(22(28)16-19-8-7-15-31-19)18(3)23-25-21-10-6-5-9-20(21)24(29)27(23)13-14-30-4/h5-10,15,17-18H,11-14,16H2,1-4H3. The lowest BCUT2D eigenvalue weighted by atomic mass is 10.1. The van der Waals surface area contributed by atoms with Crippen LogP contribution >= 0.6 is 11.3 Å². The minimum absolute atomic E-state index is 0.0521. The van der Waals surface area contributed by atoms with E-state index in [1.807, 2.05) is 47.5 Å². The van der Waals surface area contributed by atoms with Crippen molar-refractivity contribution in [2.75, 3.05) is 20.3 Å². The van der Waals surface area contributed by atoms with Gasteiger partial charge in [-0.25, -0.2) is 4.98 Å². The molecule has 1 aromatic carbocycles. The molecule has 31 heavy (non-hydrogen) atoms. The van der Waals surface area contributed by atoms with Crippen molar-refractivity contribution >= 4 is 28.1 Å². The van der Waals surface area contributed by atoms with E-state index >= 15 is 0 Å². The molecule has 0 bridgehead atoms. The fraction of sp³-hybridized carbons (Fsp3) is 0.458. The number of fused-ring (bicyclic) bond motifs is 1. The van der Waals surface area contributed by atoms with Gasteiger partial charge in [0.15, 0.2) is 0 Å². The molecule has 1 amide bonds. The first-order chi connectivity index (χ1) is 14.9. The van der Waals surface area contributed by atoms with E-state index in [2.05, 4.69) is 13.8 Å². The lowest BCUT2D eigenvalue weighted by molar-refractivity contribution is -0.133. The maximum atomic E-state index is 13.3. The van der Waals surface area contributed by atoms with Crippen LogP contribution in [0.1, 0.15) is 43.9 Å². The molecule has 2 aromatic heterocycles. The SMILES string of the molecule is COCCn1c(C(C)N(CCC(C)C)C(=O)Cc2cccs2)nc2ccccc2c1=O. The number of ether oxygens (including phenoxy) is 1. The third kappa shape index (κ3) is 5.60. The van der Waals surface area contributed by atoms with E-state index in [0.717, 1.165) is 11.3 Å². The number of thiophene rings is 1. The molecule has 0 saturated heterocycles. The van der Waals surface area contributed by atoms with Gasteiger partial charge in [-0.1, -0.05) is 32.0 Å². The van der Waals surface area contributed by atoms with E-state index < -0.39 is 0 Å². The number of hydrogen-bond acceptors (Lipinski definition) is 5. The zero-order valence-corrected chi connectivity index (χ0v) is 19.5. The summed E-state index contributed by atoms with van der Waals surface area (Å²) in [7, 11) is 1.61. The number of amides is 1. The molecule has 166 valence electrons. The number of methoxy groups -OCH3 is 1. The summed E-state index contributed by atoms with van der Waals surface area (Å²) in [6, 6.07) is 11.0. The highest BCUT2D eigenvalue weighted by atomic mass is 32.1. The summed E-state index contributed by atoms with van der Waals surface area (Å²) < 4.78 is 6.90. The Morgan fingerprint density at radius 3 is 2.65 bits per heavy atom. The van der Waals surface area contributed by atoms with Gasteiger partial charge in [0.25, 0.3) is 5.56 Å². The molecular weight excluding hydrogens is 410 g/mol. The summed E-state index contributed by atoms with van der Waals surface area (Å²) in [5.41, 5.74) is 0.552. The van der Waals surface area contributed by atoms with Crippen molar-refractivity contribution in [1.82, 2.24) is 14.5 Å². The predicted molar refractivity (Wildman–Crippen MR) is 125 cm³/mol. The van der Waals surface area contributed by atoms with Crippen LogP contribution in [0.25, 0.3) is 10.9 Å². The van der Waals surface area contributed by atoms with Gasteiger partial charge in [-0.15, -0.1) is 11.3 Å². The first kappa shape index (κ1) is 23.2. The van der Waals surface area contributed by atoms with E-state index in [1.54, 1.807) is 29.1 Å². The van der Waals surface area contributed by atoms with E-state index in [1.165, 1.54) is 0 Å². The Hall–Kier alpha value is -2.51. The summed E-state index contributed by atoms with van der Waals surface area (Å²) in [6.45, 7) is 7.67. The van der Waals surface area contributed by atoms with Gasteiger partial charge < -0.3 is 9.64 Å². The lowest BCUT2D eigenvalue weighted by Gasteiger charge is -2.31. The zero-order valence-electron chi connectivity index (χ0n) is 18.7. The molecule has 0 aliphatic rings. The Labute approximate surface area is 187 Å². The number of nitrogens with zero attached hydrogens (tertiary/aromatic N) is 3. The number of benzene rings is 1. The summed E-state index contributed by atoms with van der Waals surface area (Å²) in [5.74, 6) is 1.12. The van der Waals surface area contributed by atoms with Crippen LogP contribution in [0, 0.1) is 5.92 Å². The van der Waals surface area contributed by atoms with E-state index in [-0.39, 0.29) is 17.5 Å². The normalized spacial score (nSPS) is 12.4. The predicted octanol–water partition coefficient (Wildman–Crippen LogP) is 4.28. The molecule has 3 aromatic rings. The van der Waals surface area contributed by atoms with Crippen LogP contribution in [0.4, 0.5) is 0 Å². The van der Waals surface area contributed by atoms with Gasteiger partial charge in [0, 0.05) is 18.5 Å². The molecule has 0 saturated carbocycles. The maximum Gasteiger partial charge on any atom is 0.261 e. The summed E-state index contributed by atoms with van der Waals surface area (Å²) in [4.78, 5) is 34.3. The van der Waals surface area contributed by atoms with Gasteiger partial charge in [-0.3, -0.25) is 14.2 Å². The highest BCUT2D eigenvalue weighted by Gasteiger charge is 2.26. The van der Waals surface area contributed by atoms with Gasteiger partial charge in [-0.05, 0) is 42.8 Å². The van der Waals surface area contributed by atoms with Gasteiger partial charge >= 0.3 is 0 Å². The van der Waals surface area contributed by atoms with Crippen molar-refractivity contribution < 1.29 is 9.53 Å². The minimum Gasteiger partial charge on any atom is -0.383 e. The molecule has 0 spiro atoms. The molecule has 2 heterocycles. The molecule has 6 nitrogen and oxygen atoms in total. The van der Waals surface area contributed by atoms with Gasteiger partial charge in [0.2, 0.25) is 5.91 Å². The number of carbonyl (C=O) groups excluding carboxylic acids is 1. The highest BCUT2D eigenvalue weighted by Crippen LogP contribution is 2.23. The van der Waals surface area contributed by atoms with Crippen molar-refractivity contribution in [2.45, 2.75) is 46.2 Å². The third-order valence-corrected chi connectivity index (χ3v) is 6.30. The van der Waals surface area contributed by atoms with Gasteiger partial charge in [0.1, 0.15) is 5.82 Å². The molecule has 1 unspecified atom stereocenters. The van der Waals surface area contributed by atoms with Crippen molar-refractivity contribution in [3.8, 4) is 0 Å². The van der Waals surface area contributed by atoms with Crippen molar-refractivity contribution in [1.29, 1.82) is 0 Å². The monoisotopic (exact) mass is 441 g/mol. The van der Waals surface area contributed by atoms with Crippen LogP contribution < -0.4 is 5.56 Å². The maximum absolute atomic E-state index is 13.3. The fourth-order valence-corrected chi connectivity index (χ4v) is 4.33. The van der Waals surface area contributed by atoms with Crippen molar-refractivity contribution in [3.63, 3.8) is 0 Å². The molecular formula is C24H31N3O3S. The van der Waals surface area contributed by atoms with Crippen LogP contribution in [0.15, 0.2) is 46.6 Å². The lowest BCUT2D eigenvalue weighted by Crippen LogP contribution is -2.39. The number of hydrogen-bond donors (Lipinski definition) is 0.